The molecule has 4 N–H and O–H groups in total. The van der Waals surface area contributed by atoms with Gasteiger partial charge in [-0.15, -0.1) is 0 Å². The number of carboxylic acids is 1. The van der Waals surface area contributed by atoms with Gasteiger partial charge in [-0.1, -0.05) is 48.5 Å². The summed E-state index contributed by atoms with van der Waals surface area (Å²) < 4.78 is 10.6. The van der Waals surface area contributed by atoms with Crippen LogP contribution in [0.4, 0.5) is 4.79 Å². The Bertz CT molecular complexity index is 995. The number of carbonyl (C=O) groups is 3. The fourth-order valence-electron chi connectivity index (χ4n) is 4.28. The summed E-state index contributed by atoms with van der Waals surface area (Å²) in [5.74, 6) is -1.83. The Kier molecular flexibility index (Phi) is 6.90. The molecule has 1 aliphatic heterocycles. The number of amides is 2. The van der Waals surface area contributed by atoms with Crippen molar-refractivity contribution < 1.29 is 34.1 Å². The van der Waals surface area contributed by atoms with Crippen molar-refractivity contribution in [1.82, 2.24) is 10.6 Å². The monoisotopic (exact) mass is 454 g/mol. The Balaban J connectivity index is 1.40. The second-order valence-electron chi connectivity index (χ2n) is 8.17. The molecular formula is C24H26N2O7. The molecule has 1 aliphatic carbocycles. The van der Waals surface area contributed by atoms with Gasteiger partial charge in [-0.2, -0.15) is 0 Å². The molecule has 3 atom stereocenters. The minimum absolute atomic E-state index is 0.0717. The van der Waals surface area contributed by atoms with E-state index in [4.69, 9.17) is 14.6 Å². The lowest BCUT2D eigenvalue weighted by atomic mass is 9.98. The summed E-state index contributed by atoms with van der Waals surface area (Å²) in [6.45, 7) is 0.316. The van der Waals surface area contributed by atoms with Crippen LogP contribution in [0.1, 0.15) is 29.9 Å². The highest BCUT2D eigenvalue weighted by Gasteiger charge is 2.32. The highest BCUT2D eigenvalue weighted by atomic mass is 16.5. The van der Waals surface area contributed by atoms with Gasteiger partial charge in [0.2, 0.25) is 5.91 Å². The number of aliphatic hydroxyl groups excluding tert-OH is 1. The number of aliphatic hydroxyl groups is 1. The topological polar surface area (TPSA) is 134 Å². The maximum Gasteiger partial charge on any atom is 0.407 e. The Morgan fingerprint density at radius 3 is 2.24 bits per heavy atom. The Morgan fingerprint density at radius 2 is 1.67 bits per heavy atom. The molecule has 0 bridgehead atoms. The van der Waals surface area contributed by atoms with Gasteiger partial charge >= 0.3 is 12.1 Å². The summed E-state index contributed by atoms with van der Waals surface area (Å²) in [6.07, 6.45) is -2.10. The van der Waals surface area contributed by atoms with E-state index in [2.05, 4.69) is 10.6 Å². The van der Waals surface area contributed by atoms with Crippen molar-refractivity contribution in [2.45, 2.75) is 36.9 Å². The van der Waals surface area contributed by atoms with E-state index in [0.717, 1.165) is 22.3 Å². The quantitative estimate of drug-likeness (QED) is 0.476. The fourth-order valence-corrected chi connectivity index (χ4v) is 4.28. The molecule has 0 spiro atoms. The molecule has 1 saturated heterocycles. The van der Waals surface area contributed by atoms with Gasteiger partial charge in [-0.3, -0.25) is 9.59 Å². The fraction of sp³-hybridized carbons (Fsp3) is 0.375. The molecule has 174 valence electrons. The number of hydrogen-bond acceptors (Lipinski definition) is 6. The third kappa shape index (κ3) is 5.15. The van der Waals surface area contributed by atoms with Crippen LogP contribution in [0.3, 0.4) is 0 Å². The molecule has 1 fully saturated rings. The number of nitrogens with one attached hydrogen (secondary N) is 2. The molecule has 2 aromatic carbocycles. The molecule has 2 aromatic rings. The van der Waals surface area contributed by atoms with Gasteiger partial charge in [0.1, 0.15) is 12.6 Å². The highest BCUT2D eigenvalue weighted by Crippen LogP contribution is 2.44. The Morgan fingerprint density at radius 1 is 1.03 bits per heavy atom. The van der Waals surface area contributed by atoms with Crippen LogP contribution in [0.25, 0.3) is 11.1 Å². The van der Waals surface area contributed by atoms with E-state index in [0.29, 0.717) is 0 Å². The summed E-state index contributed by atoms with van der Waals surface area (Å²) in [6, 6.07) is 14.1. The molecule has 2 amide bonds. The van der Waals surface area contributed by atoms with Crippen LogP contribution < -0.4 is 10.6 Å². The van der Waals surface area contributed by atoms with Crippen LogP contribution in [-0.4, -0.2) is 66.2 Å². The largest absolute Gasteiger partial charge is 0.481 e. The second-order valence-corrected chi connectivity index (χ2v) is 8.17. The zero-order valence-electron chi connectivity index (χ0n) is 17.9. The van der Waals surface area contributed by atoms with E-state index in [1.807, 2.05) is 48.5 Å². The predicted molar refractivity (Wildman–Crippen MR) is 118 cm³/mol. The van der Waals surface area contributed by atoms with Crippen LogP contribution in [0.5, 0.6) is 0 Å². The molecule has 3 unspecified atom stereocenters. The molecule has 4 rings (SSSR count). The van der Waals surface area contributed by atoms with Gasteiger partial charge in [0.05, 0.1) is 25.4 Å². The Labute approximate surface area is 190 Å². The standard InChI is InChI=1S/C24H26N2O7/c27-21-13-32-12-20(21)25-23(30)19(9-10-22(28)29)26-24(31)33-11-18-16-7-3-1-5-14(16)15-6-2-4-8-17(15)18/h1-8,18-21,27H,9-13H2,(H,25,30)(H,26,31)(H,28,29). The molecule has 9 nitrogen and oxygen atoms in total. The first-order valence-electron chi connectivity index (χ1n) is 10.8. The SMILES string of the molecule is O=C(O)CCC(NC(=O)OCC1c2ccccc2-c2ccccc21)C(=O)NC1COCC1O. The van der Waals surface area contributed by atoms with E-state index < -0.39 is 36.2 Å². The first-order valence-corrected chi connectivity index (χ1v) is 10.8. The van der Waals surface area contributed by atoms with Gasteiger partial charge in [-0.25, -0.2) is 4.79 Å². The van der Waals surface area contributed by atoms with Crippen molar-refractivity contribution in [3.63, 3.8) is 0 Å². The van der Waals surface area contributed by atoms with Crippen molar-refractivity contribution in [3.8, 4) is 11.1 Å². The van der Waals surface area contributed by atoms with E-state index >= 15 is 0 Å². The van der Waals surface area contributed by atoms with Crippen LogP contribution in [0.15, 0.2) is 48.5 Å². The van der Waals surface area contributed by atoms with E-state index in [1.54, 1.807) is 0 Å². The summed E-state index contributed by atoms with van der Waals surface area (Å²) in [7, 11) is 0. The number of ether oxygens (including phenoxy) is 2. The van der Waals surface area contributed by atoms with Crippen molar-refractivity contribution in [3.05, 3.63) is 59.7 Å². The van der Waals surface area contributed by atoms with Gasteiger partial charge in [0, 0.05) is 12.3 Å². The first kappa shape index (κ1) is 22.8. The lowest BCUT2D eigenvalue weighted by Gasteiger charge is -2.22. The third-order valence-corrected chi connectivity index (χ3v) is 5.98. The number of hydrogen-bond donors (Lipinski definition) is 4. The minimum Gasteiger partial charge on any atom is -0.481 e. The molecule has 1 heterocycles. The predicted octanol–water partition coefficient (Wildman–Crippen LogP) is 1.63. The van der Waals surface area contributed by atoms with Gasteiger partial charge < -0.3 is 30.3 Å². The summed E-state index contributed by atoms with van der Waals surface area (Å²) in [5.41, 5.74) is 4.31. The summed E-state index contributed by atoms with van der Waals surface area (Å²) in [5, 5.41) is 23.9. The molecule has 2 aliphatic rings. The molecule has 0 aromatic heterocycles. The van der Waals surface area contributed by atoms with E-state index in [9.17, 15) is 19.5 Å². The average Bonchev–Trinajstić information content (AvgIpc) is 3.35. The second kappa shape index (κ2) is 10.0. The zero-order valence-corrected chi connectivity index (χ0v) is 17.9. The Hall–Kier alpha value is -3.43. The minimum atomic E-state index is -1.12. The number of benzene rings is 2. The van der Waals surface area contributed by atoms with Crippen molar-refractivity contribution >= 4 is 18.0 Å². The maximum absolute atomic E-state index is 12.6. The summed E-state index contributed by atoms with van der Waals surface area (Å²) in [4.78, 5) is 36.2. The lowest BCUT2D eigenvalue weighted by molar-refractivity contribution is -0.137. The molecular weight excluding hydrogens is 428 g/mol. The van der Waals surface area contributed by atoms with Gasteiger partial charge in [0.25, 0.3) is 0 Å². The number of aliphatic carboxylic acids is 1. The first-order chi connectivity index (χ1) is 15.9. The van der Waals surface area contributed by atoms with E-state index in [1.165, 1.54) is 0 Å². The molecule has 33 heavy (non-hydrogen) atoms. The zero-order chi connectivity index (χ0) is 23.4. The van der Waals surface area contributed by atoms with Crippen LogP contribution in [0.2, 0.25) is 0 Å². The maximum atomic E-state index is 12.6. The van der Waals surface area contributed by atoms with Crippen LogP contribution in [-0.2, 0) is 19.1 Å². The molecule has 9 heteroatoms. The highest BCUT2D eigenvalue weighted by molar-refractivity contribution is 5.86. The third-order valence-electron chi connectivity index (χ3n) is 5.98. The average molecular weight is 454 g/mol. The van der Waals surface area contributed by atoms with Crippen LogP contribution in [0, 0.1) is 0 Å². The van der Waals surface area contributed by atoms with Gasteiger partial charge in [-0.05, 0) is 28.7 Å². The summed E-state index contributed by atoms with van der Waals surface area (Å²) >= 11 is 0. The number of fused-ring (bicyclic) bond motifs is 3. The molecule has 0 saturated carbocycles. The smallest absolute Gasteiger partial charge is 0.407 e. The normalized spacial score (nSPS) is 19.9. The number of carbonyl (C=O) groups excluding carboxylic acids is 2. The van der Waals surface area contributed by atoms with E-state index in [-0.39, 0.29) is 38.6 Å². The molecule has 0 radical (unpaired) electrons. The van der Waals surface area contributed by atoms with Crippen LogP contribution >= 0.6 is 0 Å². The number of alkyl carbamates (subject to hydrolysis) is 1. The number of carboxylic acid groups (broad SMARTS) is 1. The van der Waals surface area contributed by atoms with Gasteiger partial charge in [0.15, 0.2) is 0 Å². The van der Waals surface area contributed by atoms with Crippen molar-refractivity contribution in [1.29, 1.82) is 0 Å². The lowest BCUT2D eigenvalue weighted by Crippen LogP contribution is -2.52. The van der Waals surface area contributed by atoms with Crippen molar-refractivity contribution in [2.75, 3.05) is 19.8 Å². The number of rotatable bonds is 8. The van der Waals surface area contributed by atoms with Crippen molar-refractivity contribution in [2.24, 2.45) is 0 Å².